The molecule has 0 saturated carbocycles. The monoisotopic (exact) mass is 256 g/mol. The number of ketones is 1. The van der Waals surface area contributed by atoms with E-state index < -0.39 is 0 Å². The molecule has 0 aliphatic heterocycles. The molecule has 2 aromatic rings. The Bertz CT molecular complexity index is 445. The van der Waals surface area contributed by atoms with Gasteiger partial charge in [0.15, 0.2) is 5.78 Å². The van der Waals surface area contributed by atoms with Gasteiger partial charge >= 0.3 is 0 Å². The molecule has 1 nitrogen and oxygen atoms in total. The van der Waals surface area contributed by atoms with Gasteiger partial charge in [-0.3, -0.25) is 4.79 Å². The van der Waals surface area contributed by atoms with E-state index in [0.717, 1.165) is 6.42 Å². The molecule has 0 aromatic carbocycles. The van der Waals surface area contributed by atoms with Gasteiger partial charge in [0.2, 0.25) is 0 Å². The van der Waals surface area contributed by atoms with Crippen molar-refractivity contribution in [1.82, 2.24) is 0 Å². The molecule has 15 heavy (non-hydrogen) atoms. The molecule has 0 aliphatic carbocycles. The van der Waals surface area contributed by atoms with Gasteiger partial charge in [0.1, 0.15) is 0 Å². The maximum atomic E-state index is 11.8. The van der Waals surface area contributed by atoms with Gasteiger partial charge in [-0.25, -0.2) is 0 Å². The van der Waals surface area contributed by atoms with Crippen LogP contribution in [0.25, 0.3) is 0 Å². The lowest BCUT2D eigenvalue weighted by molar-refractivity contribution is 0.0987. The SMILES string of the molecule is O=C(CCc1ccsc1)c1sccc1Cl. The van der Waals surface area contributed by atoms with Crippen LogP contribution >= 0.6 is 34.3 Å². The molecule has 78 valence electrons. The van der Waals surface area contributed by atoms with Gasteiger partial charge in [0.25, 0.3) is 0 Å². The first-order valence-electron chi connectivity index (χ1n) is 4.54. The number of rotatable bonds is 4. The zero-order valence-corrected chi connectivity index (χ0v) is 10.3. The summed E-state index contributed by atoms with van der Waals surface area (Å²) in [6, 6.07) is 3.82. The van der Waals surface area contributed by atoms with Gasteiger partial charge in [-0.05, 0) is 40.3 Å². The second-order valence-electron chi connectivity index (χ2n) is 3.15. The Balaban J connectivity index is 1.96. The molecule has 2 aromatic heterocycles. The third kappa shape index (κ3) is 2.68. The molecule has 0 spiro atoms. The second kappa shape index (κ2) is 4.92. The van der Waals surface area contributed by atoms with Crippen molar-refractivity contribution in [3.8, 4) is 0 Å². The van der Waals surface area contributed by atoms with Crippen molar-refractivity contribution in [2.45, 2.75) is 12.8 Å². The van der Waals surface area contributed by atoms with Crippen LogP contribution in [0.1, 0.15) is 21.7 Å². The van der Waals surface area contributed by atoms with Crippen LogP contribution in [0, 0.1) is 0 Å². The molecule has 0 radical (unpaired) electrons. The summed E-state index contributed by atoms with van der Waals surface area (Å²) in [7, 11) is 0. The molecule has 0 atom stereocenters. The highest BCUT2D eigenvalue weighted by molar-refractivity contribution is 7.12. The number of hydrogen-bond donors (Lipinski definition) is 0. The number of aryl methyl sites for hydroxylation is 1. The second-order valence-corrected chi connectivity index (χ2v) is 5.26. The van der Waals surface area contributed by atoms with Crippen LogP contribution in [-0.4, -0.2) is 5.78 Å². The van der Waals surface area contributed by atoms with Gasteiger partial charge in [0.05, 0.1) is 9.90 Å². The highest BCUT2D eigenvalue weighted by atomic mass is 35.5. The highest BCUT2D eigenvalue weighted by Crippen LogP contribution is 2.24. The average Bonchev–Trinajstić information content (AvgIpc) is 2.84. The Labute approximate surface area is 101 Å². The molecular formula is C11H9ClOS2. The summed E-state index contributed by atoms with van der Waals surface area (Å²) in [5.74, 6) is 0.140. The summed E-state index contributed by atoms with van der Waals surface area (Å²) >= 11 is 8.96. The van der Waals surface area contributed by atoms with Crippen LogP contribution in [0.3, 0.4) is 0 Å². The van der Waals surface area contributed by atoms with E-state index in [0.29, 0.717) is 16.3 Å². The van der Waals surface area contributed by atoms with Crippen molar-refractivity contribution >= 4 is 40.1 Å². The van der Waals surface area contributed by atoms with E-state index in [9.17, 15) is 4.79 Å². The average molecular weight is 257 g/mol. The standard InChI is InChI=1S/C11H9ClOS2/c12-9-4-6-15-11(9)10(13)2-1-8-3-5-14-7-8/h3-7H,1-2H2. The number of hydrogen-bond acceptors (Lipinski definition) is 3. The van der Waals surface area contributed by atoms with Crippen molar-refractivity contribution in [2.24, 2.45) is 0 Å². The molecule has 0 aliphatic rings. The quantitative estimate of drug-likeness (QED) is 0.747. The summed E-state index contributed by atoms with van der Waals surface area (Å²) in [4.78, 5) is 12.4. The summed E-state index contributed by atoms with van der Waals surface area (Å²) in [5.41, 5.74) is 1.22. The van der Waals surface area contributed by atoms with E-state index in [1.165, 1.54) is 16.9 Å². The minimum absolute atomic E-state index is 0.140. The number of thiophene rings is 2. The largest absolute Gasteiger partial charge is 0.293 e. The van der Waals surface area contributed by atoms with Crippen LogP contribution in [-0.2, 0) is 6.42 Å². The zero-order chi connectivity index (χ0) is 10.7. The maximum Gasteiger partial charge on any atom is 0.174 e. The lowest BCUT2D eigenvalue weighted by Gasteiger charge is -1.97. The van der Waals surface area contributed by atoms with Gasteiger partial charge in [-0.2, -0.15) is 11.3 Å². The lowest BCUT2D eigenvalue weighted by Crippen LogP contribution is -1.98. The molecule has 0 amide bonds. The van der Waals surface area contributed by atoms with Crippen molar-refractivity contribution in [2.75, 3.05) is 0 Å². The van der Waals surface area contributed by atoms with Gasteiger partial charge in [-0.15, -0.1) is 11.3 Å². The van der Waals surface area contributed by atoms with Crippen molar-refractivity contribution in [3.63, 3.8) is 0 Å². The maximum absolute atomic E-state index is 11.8. The van der Waals surface area contributed by atoms with Crippen LogP contribution in [0.5, 0.6) is 0 Å². The smallest absolute Gasteiger partial charge is 0.174 e. The Morgan fingerprint density at radius 1 is 1.33 bits per heavy atom. The predicted octanol–water partition coefficient (Wildman–Crippen LogP) is 4.28. The molecule has 0 N–H and O–H groups in total. The Morgan fingerprint density at radius 3 is 2.80 bits per heavy atom. The minimum atomic E-state index is 0.140. The fraction of sp³-hybridized carbons (Fsp3) is 0.182. The topological polar surface area (TPSA) is 17.1 Å². The fourth-order valence-electron chi connectivity index (χ4n) is 1.30. The first-order valence-corrected chi connectivity index (χ1v) is 6.74. The predicted molar refractivity (Wildman–Crippen MR) is 66.3 cm³/mol. The normalized spacial score (nSPS) is 10.5. The molecule has 0 fully saturated rings. The van der Waals surface area contributed by atoms with Crippen LogP contribution in [0.15, 0.2) is 28.3 Å². The van der Waals surface area contributed by atoms with Gasteiger partial charge < -0.3 is 0 Å². The first-order chi connectivity index (χ1) is 7.27. The van der Waals surface area contributed by atoms with E-state index >= 15 is 0 Å². The summed E-state index contributed by atoms with van der Waals surface area (Å²) in [6.07, 6.45) is 1.34. The van der Waals surface area contributed by atoms with E-state index in [-0.39, 0.29) is 5.78 Å². The van der Waals surface area contributed by atoms with E-state index in [4.69, 9.17) is 11.6 Å². The molecule has 2 heterocycles. The Morgan fingerprint density at radius 2 is 2.20 bits per heavy atom. The third-order valence-electron chi connectivity index (χ3n) is 2.09. The highest BCUT2D eigenvalue weighted by Gasteiger charge is 2.11. The minimum Gasteiger partial charge on any atom is -0.293 e. The summed E-state index contributed by atoms with van der Waals surface area (Å²) in [5, 5.41) is 6.52. The molecule has 0 bridgehead atoms. The van der Waals surface area contributed by atoms with Crippen molar-refractivity contribution in [1.29, 1.82) is 0 Å². The van der Waals surface area contributed by atoms with Gasteiger partial charge in [-0.1, -0.05) is 11.6 Å². The number of carbonyl (C=O) groups excluding carboxylic acids is 1. The number of Topliss-reactive ketones (excluding diaryl/α,β-unsaturated/α-hetero) is 1. The van der Waals surface area contributed by atoms with Gasteiger partial charge in [0, 0.05) is 6.42 Å². The van der Waals surface area contributed by atoms with Crippen molar-refractivity contribution < 1.29 is 4.79 Å². The van der Waals surface area contributed by atoms with Crippen LogP contribution in [0.2, 0.25) is 5.02 Å². The molecular weight excluding hydrogens is 248 g/mol. The molecule has 4 heteroatoms. The summed E-state index contributed by atoms with van der Waals surface area (Å²) in [6.45, 7) is 0. The number of halogens is 1. The van der Waals surface area contributed by atoms with Crippen LogP contribution in [0.4, 0.5) is 0 Å². The zero-order valence-electron chi connectivity index (χ0n) is 7.90. The molecule has 0 unspecified atom stereocenters. The van der Waals surface area contributed by atoms with E-state index in [2.05, 4.69) is 5.38 Å². The third-order valence-corrected chi connectivity index (χ3v) is 4.21. The molecule has 0 saturated heterocycles. The van der Waals surface area contributed by atoms with Crippen molar-refractivity contribution in [3.05, 3.63) is 43.7 Å². The molecule has 2 rings (SSSR count). The van der Waals surface area contributed by atoms with E-state index in [1.807, 2.05) is 16.8 Å². The van der Waals surface area contributed by atoms with E-state index in [1.54, 1.807) is 17.4 Å². The Hall–Kier alpha value is -0.640. The summed E-state index contributed by atoms with van der Waals surface area (Å²) < 4.78 is 0. The van der Waals surface area contributed by atoms with Crippen LogP contribution < -0.4 is 0 Å². The first kappa shape index (κ1) is 10.9. The fourth-order valence-corrected chi connectivity index (χ4v) is 3.13. The Kier molecular flexibility index (Phi) is 3.57. The number of carbonyl (C=O) groups is 1. The lowest BCUT2D eigenvalue weighted by atomic mass is 10.1.